The Balaban J connectivity index is 2.12. The Morgan fingerprint density at radius 3 is 2.43 bits per heavy atom. The smallest absolute Gasteiger partial charge is 0.196 e. The van der Waals surface area contributed by atoms with Crippen LogP contribution in [0.3, 0.4) is 0 Å². The summed E-state index contributed by atoms with van der Waals surface area (Å²) in [5.74, 6) is 0.753. The van der Waals surface area contributed by atoms with Gasteiger partial charge < -0.3 is 16.8 Å². The summed E-state index contributed by atoms with van der Waals surface area (Å²) >= 11 is 5.03. The fraction of sp³-hybridized carbons (Fsp3) is 0.286. The van der Waals surface area contributed by atoms with E-state index in [2.05, 4.69) is 51.1 Å². The van der Waals surface area contributed by atoms with Gasteiger partial charge in [0.05, 0.1) is 0 Å². The average Bonchev–Trinajstić information content (AvgIpc) is 2.36. The molecule has 0 unspecified atom stereocenters. The van der Waals surface area contributed by atoms with Crippen molar-refractivity contribution in [3.05, 3.63) is 34.3 Å². The molecule has 0 bridgehead atoms. The van der Waals surface area contributed by atoms with Gasteiger partial charge >= 0.3 is 0 Å². The van der Waals surface area contributed by atoms with E-state index in [1.54, 1.807) is 6.07 Å². The number of anilines is 2. The molecule has 0 fully saturated rings. The lowest BCUT2D eigenvalue weighted by atomic mass is 10.2. The van der Waals surface area contributed by atoms with E-state index in [-0.39, 0.29) is 0 Å². The van der Waals surface area contributed by atoms with Crippen molar-refractivity contribution in [3.8, 4) is 0 Å². The van der Waals surface area contributed by atoms with Crippen LogP contribution in [0.15, 0.2) is 38.8 Å². The Hall–Kier alpha value is -1.31. The van der Waals surface area contributed by atoms with E-state index < -0.39 is 0 Å². The van der Waals surface area contributed by atoms with Gasteiger partial charge in [-0.15, -0.1) is 0 Å². The summed E-state index contributed by atoms with van der Waals surface area (Å²) in [5, 5.41) is 3.94. The van der Waals surface area contributed by atoms with E-state index in [0.29, 0.717) is 22.8 Å². The number of benzene rings is 1. The van der Waals surface area contributed by atoms with Gasteiger partial charge in [0.25, 0.3) is 0 Å². The molecule has 0 aliphatic rings. The third kappa shape index (κ3) is 4.87. The molecule has 1 heterocycles. The number of rotatable bonds is 5. The van der Waals surface area contributed by atoms with E-state index in [1.165, 1.54) is 17.3 Å². The summed E-state index contributed by atoms with van der Waals surface area (Å²) in [6, 6.07) is 8.16. The zero-order chi connectivity index (χ0) is 15.4. The molecular formula is C14H18BrN5S. The molecule has 5 N–H and O–H groups in total. The second kappa shape index (κ2) is 7.11. The molecule has 0 aliphatic carbocycles. The first-order valence-electron chi connectivity index (χ1n) is 6.53. The second-order valence-corrected chi connectivity index (χ2v) is 6.79. The van der Waals surface area contributed by atoms with Gasteiger partial charge in [-0.25, -0.2) is 9.97 Å². The Kier molecular flexibility index (Phi) is 5.44. The monoisotopic (exact) mass is 367 g/mol. The van der Waals surface area contributed by atoms with Gasteiger partial charge in [-0.1, -0.05) is 35.8 Å². The molecular weight excluding hydrogens is 350 g/mol. The maximum absolute atomic E-state index is 5.67. The Bertz CT molecular complexity index is 613. The van der Waals surface area contributed by atoms with Crippen LogP contribution in [0.2, 0.25) is 0 Å². The quantitative estimate of drug-likeness (QED) is 0.703. The molecule has 2 rings (SSSR count). The highest BCUT2D eigenvalue weighted by Crippen LogP contribution is 2.30. The highest BCUT2D eigenvalue weighted by atomic mass is 79.9. The number of halogens is 1. The van der Waals surface area contributed by atoms with Crippen molar-refractivity contribution < 1.29 is 0 Å². The molecule has 0 atom stereocenters. The summed E-state index contributed by atoms with van der Waals surface area (Å²) in [6.45, 7) is 5.07. The lowest BCUT2D eigenvalue weighted by Crippen LogP contribution is -2.21. The van der Waals surface area contributed by atoms with Gasteiger partial charge in [-0.3, -0.25) is 0 Å². The van der Waals surface area contributed by atoms with Gasteiger partial charge in [-0.05, 0) is 29.5 Å². The van der Waals surface area contributed by atoms with Crippen molar-refractivity contribution in [1.82, 2.24) is 15.3 Å². The maximum Gasteiger partial charge on any atom is 0.196 e. The average molecular weight is 368 g/mol. The van der Waals surface area contributed by atoms with Crippen molar-refractivity contribution in [2.75, 3.05) is 11.5 Å². The van der Waals surface area contributed by atoms with E-state index >= 15 is 0 Å². The van der Waals surface area contributed by atoms with Crippen molar-refractivity contribution >= 4 is 39.3 Å². The van der Waals surface area contributed by atoms with Crippen LogP contribution >= 0.6 is 27.7 Å². The van der Waals surface area contributed by atoms with Gasteiger partial charge in [0.1, 0.15) is 11.6 Å². The molecule has 0 saturated heterocycles. The number of nitrogens with one attached hydrogen (secondary N) is 1. The van der Waals surface area contributed by atoms with Crippen LogP contribution in [0.1, 0.15) is 19.4 Å². The zero-order valence-electron chi connectivity index (χ0n) is 11.9. The van der Waals surface area contributed by atoms with Crippen LogP contribution in [0.5, 0.6) is 0 Å². The van der Waals surface area contributed by atoms with E-state index in [9.17, 15) is 0 Å². The summed E-state index contributed by atoms with van der Waals surface area (Å²) in [5.41, 5.74) is 12.6. The number of hydrogen-bond donors (Lipinski definition) is 3. The third-order valence-corrected chi connectivity index (χ3v) is 4.27. The number of aromatic nitrogens is 2. The molecule has 1 aromatic heterocycles. The molecule has 2 aromatic rings. The first-order chi connectivity index (χ1) is 9.94. The van der Waals surface area contributed by atoms with Crippen LogP contribution in [0.25, 0.3) is 0 Å². The first kappa shape index (κ1) is 16.1. The molecule has 1 aromatic carbocycles. The molecule has 0 radical (unpaired) electrons. The minimum absolute atomic E-state index is 0.377. The molecule has 5 nitrogen and oxygen atoms in total. The predicted molar refractivity (Wildman–Crippen MR) is 91.1 cm³/mol. The number of nitrogens with zero attached hydrogens (tertiary/aromatic N) is 2. The fourth-order valence-electron chi connectivity index (χ4n) is 1.66. The maximum atomic E-state index is 5.67. The van der Waals surface area contributed by atoms with Crippen LogP contribution in [0.4, 0.5) is 11.6 Å². The molecule has 0 aliphatic heterocycles. The SMILES string of the molecule is CC(C)NCc1ccc(Sc2nc(N)cc(N)n2)cc1Br. The second-order valence-electron chi connectivity index (χ2n) is 4.89. The largest absolute Gasteiger partial charge is 0.383 e. The van der Waals surface area contributed by atoms with Crippen LogP contribution in [-0.2, 0) is 6.54 Å². The van der Waals surface area contributed by atoms with Crippen molar-refractivity contribution in [2.45, 2.75) is 36.5 Å². The Morgan fingerprint density at radius 1 is 1.19 bits per heavy atom. The third-order valence-electron chi connectivity index (χ3n) is 2.68. The Labute approximate surface area is 137 Å². The molecule has 112 valence electrons. The summed E-state index contributed by atoms with van der Waals surface area (Å²) < 4.78 is 1.05. The predicted octanol–water partition coefficient (Wildman–Crippen LogP) is 3.05. The summed E-state index contributed by atoms with van der Waals surface area (Å²) in [6.07, 6.45) is 0. The minimum atomic E-state index is 0.377. The van der Waals surface area contributed by atoms with Crippen molar-refractivity contribution in [2.24, 2.45) is 0 Å². The highest BCUT2D eigenvalue weighted by Gasteiger charge is 2.07. The van der Waals surface area contributed by atoms with E-state index in [0.717, 1.165) is 15.9 Å². The zero-order valence-corrected chi connectivity index (χ0v) is 14.3. The fourth-order valence-corrected chi connectivity index (χ4v) is 3.16. The lowest BCUT2D eigenvalue weighted by Gasteiger charge is -2.10. The van der Waals surface area contributed by atoms with Crippen molar-refractivity contribution in [3.63, 3.8) is 0 Å². The molecule has 0 amide bonds. The topological polar surface area (TPSA) is 89.8 Å². The Morgan fingerprint density at radius 2 is 1.86 bits per heavy atom. The molecule has 21 heavy (non-hydrogen) atoms. The van der Waals surface area contributed by atoms with Gasteiger partial charge in [0, 0.05) is 28.0 Å². The van der Waals surface area contributed by atoms with Crippen LogP contribution in [0, 0.1) is 0 Å². The number of nitrogens with two attached hydrogens (primary N) is 2. The first-order valence-corrected chi connectivity index (χ1v) is 8.14. The summed E-state index contributed by atoms with van der Waals surface area (Å²) in [7, 11) is 0. The highest BCUT2D eigenvalue weighted by molar-refractivity contribution is 9.10. The number of nitrogen functional groups attached to an aromatic ring is 2. The van der Waals surface area contributed by atoms with Gasteiger partial charge in [-0.2, -0.15) is 0 Å². The van der Waals surface area contributed by atoms with Gasteiger partial charge in [0.2, 0.25) is 0 Å². The van der Waals surface area contributed by atoms with Crippen molar-refractivity contribution in [1.29, 1.82) is 0 Å². The minimum Gasteiger partial charge on any atom is -0.383 e. The molecule has 7 heteroatoms. The van der Waals surface area contributed by atoms with E-state index in [1.807, 2.05) is 12.1 Å². The van der Waals surface area contributed by atoms with E-state index in [4.69, 9.17) is 11.5 Å². The molecule has 0 saturated carbocycles. The van der Waals surface area contributed by atoms with Crippen LogP contribution < -0.4 is 16.8 Å². The number of hydrogen-bond acceptors (Lipinski definition) is 6. The lowest BCUT2D eigenvalue weighted by molar-refractivity contribution is 0.587. The molecule has 0 spiro atoms. The summed E-state index contributed by atoms with van der Waals surface area (Å²) in [4.78, 5) is 9.35. The van der Waals surface area contributed by atoms with Gasteiger partial charge in [0.15, 0.2) is 5.16 Å². The standard InChI is InChI=1S/C14H18BrN5S/c1-8(2)18-7-9-3-4-10(5-11(9)15)21-14-19-12(16)6-13(17)20-14/h3-6,8,18H,7H2,1-2H3,(H4,16,17,19,20). The van der Waals surface area contributed by atoms with Crippen LogP contribution in [-0.4, -0.2) is 16.0 Å². The normalized spacial score (nSPS) is 11.0.